The second-order valence-electron chi connectivity index (χ2n) is 4.31. The van der Waals surface area contributed by atoms with Crippen LogP contribution in [-0.2, 0) is 6.42 Å². The smallest absolute Gasteiger partial charge is 0.261 e. The molecule has 100 valence electrons. The molecule has 5 heteroatoms. The standard InChI is InChI=1S/C14H13BrClNOS/c1-9(8-10-2-4-11(16)5-3-10)17-14(18)12-6-7-13(15)19-12/h2-7,9H,8H2,1H3,(H,17,18). The molecule has 2 nitrogen and oxygen atoms in total. The van der Waals surface area contributed by atoms with Crippen molar-refractivity contribution < 1.29 is 4.79 Å². The van der Waals surface area contributed by atoms with E-state index in [0.29, 0.717) is 0 Å². The Morgan fingerprint density at radius 1 is 1.32 bits per heavy atom. The number of hydrogen-bond donors (Lipinski definition) is 1. The molecule has 0 saturated heterocycles. The SMILES string of the molecule is CC(Cc1ccc(Cl)cc1)NC(=O)c1ccc(Br)s1. The summed E-state index contributed by atoms with van der Waals surface area (Å²) < 4.78 is 0.961. The molecule has 1 atom stereocenters. The fourth-order valence-electron chi connectivity index (χ4n) is 1.76. The second kappa shape index (κ2) is 6.55. The van der Waals surface area contributed by atoms with Crippen molar-refractivity contribution in [3.8, 4) is 0 Å². The van der Waals surface area contributed by atoms with Crippen LogP contribution in [0, 0.1) is 0 Å². The first kappa shape index (κ1) is 14.6. The number of thiophene rings is 1. The highest BCUT2D eigenvalue weighted by Gasteiger charge is 2.12. The monoisotopic (exact) mass is 357 g/mol. The van der Waals surface area contributed by atoms with Gasteiger partial charge in [0.2, 0.25) is 0 Å². The summed E-state index contributed by atoms with van der Waals surface area (Å²) in [6.45, 7) is 2.00. The van der Waals surface area contributed by atoms with Gasteiger partial charge in [-0.3, -0.25) is 4.79 Å². The predicted molar refractivity (Wildman–Crippen MR) is 84.1 cm³/mol. The number of hydrogen-bond acceptors (Lipinski definition) is 2. The number of rotatable bonds is 4. The van der Waals surface area contributed by atoms with Crippen molar-refractivity contribution in [3.63, 3.8) is 0 Å². The van der Waals surface area contributed by atoms with Crippen LogP contribution in [0.2, 0.25) is 5.02 Å². The predicted octanol–water partition coefficient (Wildman–Crippen LogP) is 4.53. The van der Waals surface area contributed by atoms with E-state index in [1.165, 1.54) is 11.3 Å². The summed E-state index contributed by atoms with van der Waals surface area (Å²) in [5.74, 6) is -0.0304. The normalized spacial score (nSPS) is 12.2. The third-order valence-electron chi connectivity index (χ3n) is 2.63. The Morgan fingerprint density at radius 2 is 2.00 bits per heavy atom. The van der Waals surface area contributed by atoms with E-state index in [4.69, 9.17) is 11.6 Å². The highest BCUT2D eigenvalue weighted by Crippen LogP contribution is 2.22. The van der Waals surface area contributed by atoms with Crippen LogP contribution in [0.4, 0.5) is 0 Å². The number of nitrogens with one attached hydrogen (secondary N) is 1. The molecular formula is C14H13BrClNOS. The van der Waals surface area contributed by atoms with Gasteiger partial charge in [-0.1, -0.05) is 23.7 Å². The molecule has 0 fully saturated rings. The van der Waals surface area contributed by atoms with E-state index in [0.717, 1.165) is 25.7 Å². The lowest BCUT2D eigenvalue weighted by Crippen LogP contribution is -2.33. The average molecular weight is 359 g/mol. The van der Waals surface area contributed by atoms with Crippen LogP contribution in [0.1, 0.15) is 22.2 Å². The van der Waals surface area contributed by atoms with E-state index in [1.54, 1.807) is 0 Å². The summed E-state index contributed by atoms with van der Waals surface area (Å²) in [5, 5.41) is 3.72. The van der Waals surface area contributed by atoms with Gasteiger partial charge in [0.25, 0.3) is 5.91 Å². The Kier molecular flexibility index (Phi) is 5.02. The molecule has 1 unspecified atom stereocenters. The quantitative estimate of drug-likeness (QED) is 0.855. The van der Waals surface area contributed by atoms with Crippen molar-refractivity contribution in [2.45, 2.75) is 19.4 Å². The minimum absolute atomic E-state index is 0.0304. The van der Waals surface area contributed by atoms with E-state index in [9.17, 15) is 4.79 Å². The van der Waals surface area contributed by atoms with E-state index >= 15 is 0 Å². The Bertz CT molecular complexity index is 567. The maximum absolute atomic E-state index is 12.0. The number of carbonyl (C=O) groups is 1. The maximum Gasteiger partial charge on any atom is 0.261 e. The Morgan fingerprint density at radius 3 is 2.58 bits per heavy atom. The molecule has 2 rings (SSSR count). The minimum Gasteiger partial charge on any atom is -0.349 e. The third kappa shape index (κ3) is 4.34. The molecule has 1 N–H and O–H groups in total. The lowest BCUT2D eigenvalue weighted by atomic mass is 10.1. The van der Waals surface area contributed by atoms with Gasteiger partial charge in [0, 0.05) is 11.1 Å². The molecule has 1 aromatic heterocycles. The Hall–Kier alpha value is -0.840. The summed E-state index contributed by atoms with van der Waals surface area (Å²) in [4.78, 5) is 12.7. The van der Waals surface area contributed by atoms with Gasteiger partial charge in [-0.05, 0) is 59.1 Å². The van der Waals surface area contributed by atoms with Crippen molar-refractivity contribution >= 4 is 44.8 Å². The number of amides is 1. The topological polar surface area (TPSA) is 29.1 Å². The molecule has 0 saturated carbocycles. The molecule has 0 radical (unpaired) electrons. The number of carbonyl (C=O) groups excluding carboxylic acids is 1. The molecule has 0 bridgehead atoms. The fraction of sp³-hybridized carbons (Fsp3) is 0.214. The van der Waals surface area contributed by atoms with Crippen LogP contribution in [0.15, 0.2) is 40.2 Å². The van der Waals surface area contributed by atoms with Crippen molar-refractivity contribution in [2.24, 2.45) is 0 Å². The van der Waals surface area contributed by atoms with Gasteiger partial charge in [0.1, 0.15) is 0 Å². The summed E-state index contributed by atoms with van der Waals surface area (Å²) in [7, 11) is 0. The molecular weight excluding hydrogens is 346 g/mol. The van der Waals surface area contributed by atoms with Crippen molar-refractivity contribution in [2.75, 3.05) is 0 Å². The molecule has 0 aliphatic carbocycles. The first-order valence-corrected chi connectivity index (χ1v) is 7.84. The van der Waals surface area contributed by atoms with Gasteiger partial charge in [-0.25, -0.2) is 0 Å². The van der Waals surface area contributed by atoms with Gasteiger partial charge in [-0.15, -0.1) is 11.3 Å². The van der Waals surface area contributed by atoms with E-state index in [2.05, 4.69) is 21.2 Å². The second-order valence-corrected chi connectivity index (χ2v) is 7.21. The van der Waals surface area contributed by atoms with Crippen LogP contribution >= 0.6 is 38.9 Å². The van der Waals surface area contributed by atoms with Gasteiger partial charge in [0.15, 0.2) is 0 Å². The number of benzene rings is 1. The highest BCUT2D eigenvalue weighted by atomic mass is 79.9. The van der Waals surface area contributed by atoms with Crippen molar-refractivity contribution in [1.82, 2.24) is 5.32 Å². The Labute approximate surface area is 129 Å². The van der Waals surface area contributed by atoms with Crippen molar-refractivity contribution in [3.05, 3.63) is 55.6 Å². The zero-order valence-corrected chi connectivity index (χ0v) is 13.5. The zero-order chi connectivity index (χ0) is 13.8. The van der Waals surface area contributed by atoms with Gasteiger partial charge < -0.3 is 5.32 Å². The molecule has 0 aliphatic heterocycles. The average Bonchev–Trinajstić information content (AvgIpc) is 2.79. The van der Waals surface area contributed by atoms with E-state index < -0.39 is 0 Å². The van der Waals surface area contributed by atoms with Gasteiger partial charge in [0.05, 0.1) is 8.66 Å². The molecule has 1 aromatic carbocycles. The van der Waals surface area contributed by atoms with E-state index in [1.807, 2.05) is 43.3 Å². The van der Waals surface area contributed by atoms with Crippen LogP contribution < -0.4 is 5.32 Å². The van der Waals surface area contributed by atoms with Gasteiger partial charge >= 0.3 is 0 Å². The molecule has 1 heterocycles. The maximum atomic E-state index is 12.0. The summed E-state index contributed by atoms with van der Waals surface area (Å²) >= 11 is 10.6. The van der Waals surface area contributed by atoms with Crippen molar-refractivity contribution in [1.29, 1.82) is 0 Å². The lowest BCUT2D eigenvalue weighted by molar-refractivity contribution is 0.0944. The van der Waals surface area contributed by atoms with Crippen LogP contribution in [0.25, 0.3) is 0 Å². The van der Waals surface area contributed by atoms with Crippen LogP contribution in [0.5, 0.6) is 0 Å². The van der Waals surface area contributed by atoms with Crippen LogP contribution in [0.3, 0.4) is 0 Å². The summed E-state index contributed by atoms with van der Waals surface area (Å²) in [6.07, 6.45) is 0.787. The highest BCUT2D eigenvalue weighted by molar-refractivity contribution is 9.11. The molecule has 1 amide bonds. The third-order valence-corrected chi connectivity index (χ3v) is 4.50. The number of halogens is 2. The molecule has 2 aromatic rings. The summed E-state index contributed by atoms with van der Waals surface area (Å²) in [6, 6.07) is 11.5. The Balaban J connectivity index is 1.92. The first-order valence-electron chi connectivity index (χ1n) is 5.85. The van der Waals surface area contributed by atoms with Gasteiger partial charge in [-0.2, -0.15) is 0 Å². The largest absolute Gasteiger partial charge is 0.349 e. The fourth-order valence-corrected chi connectivity index (χ4v) is 3.17. The molecule has 0 aliphatic rings. The minimum atomic E-state index is -0.0304. The lowest BCUT2D eigenvalue weighted by Gasteiger charge is -2.13. The van der Waals surface area contributed by atoms with Crippen LogP contribution in [-0.4, -0.2) is 11.9 Å². The first-order chi connectivity index (χ1) is 9.04. The molecule has 19 heavy (non-hydrogen) atoms. The summed E-state index contributed by atoms with van der Waals surface area (Å²) in [5.41, 5.74) is 1.16. The zero-order valence-electron chi connectivity index (χ0n) is 10.3. The van der Waals surface area contributed by atoms with E-state index in [-0.39, 0.29) is 11.9 Å². The molecule has 0 spiro atoms.